The van der Waals surface area contributed by atoms with Gasteiger partial charge in [-0.1, -0.05) is 18.2 Å². The number of fused-ring (bicyclic) bond motifs is 1. The smallest absolute Gasteiger partial charge is 0.165 e. The van der Waals surface area contributed by atoms with Gasteiger partial charge in [-0.15, -0.1) is 0 Å². The van der Waals surface area contributed by atoms with Crippen molar-refractivity contribution in [1.29, 1.82) is 0 Å². The Hall–Kier alpha value is -2.64. The van der Waals surface area contributed by atoms with Crippen molar-refractivity contribution in [2.24, 2.45) is 0 Å². The van der Waals surface area contributed by atoms with Crippen LogP contribution in [-0.2, 0) is 4.74 Å². The van der Waals surface area contributed by atoms with Gasteiger partial charge in [-0.05, 0) is 19.9 Å². The first-order valence-corrected chi connectivity index (χ1v) is 10.3. The van der Waals surface area contributed by atoms with Crippen LogP contribution in [-0.4, -0.2) is 61.1 Å². The Kier molecular flexibility index (Phi) is 5.97. The molecule has 1 aliphatic heterocycles. The molecular formula is C22H30N5O2+. The lowest BCUT2D eigenvalue weighted by molar-refractivity contribution is -0.908. The van der Waals surface area contributed by atoms with E-state index in [-0.39, 0.29) is 0 Å². The number of hydrogen-bond acceptors (Lipinski definition) is 5. The molecule has 0 saturated carbocycles. The minimum absolute atomic E-state index is 0.830. The maximum absolute atomic E-state index is 5.58. The number of aromatic nitrogens is 3. The van der Waals surface area contributed by atoms with E-state index in [1.165, 1.54) is 0 Å². The number of ether oxygens (including phenoxy) is 2. The SMILES string of the molecule is COc1ccccc1-c1c(C)nn2c(NCCC[NH+]3CCOCC3)cc(C)nc12. The minimum Gasteiger partial charge on any atom is -0.496 e. The summed E-state index contributed by atoms with van der Waals surface area (Å²) in [5.41, 5.74) is 4.80. The summed E-state index contributed by atoms with van der Waals surface area (Å²) in [5.74, 6) is 1.81. The number of quaternary nitrogens is 1. The number of benzene rings is 1. The Morgan fingerprint density at radius 2 is 2.00 bits per heavy atom. The first-order chi connectivity index (χ1) is 14.2. The zero-order chi connectivity index (χ0) is 20.2. The van der Waals surface area contributed by atoms with E-state index in [0.29, 0.717) is 0 Å². The van der Waals surface area contributed by atoms with Crippen molar-refractivity contribution in [3.05, 3.63) is 41.7 Å². The summed E-state index contributed by atoms with van der Waals surface area (Å²) in [6, 6.07) is 10.1. The van der Waals surface area contributed by atoms with Gasteiger partial charge in [-0.3, -0.25) is 0 Å². The quantitative estimate of drug-likeness (QED) is 0.596. The number of nitrogens with one attached hydrogen (secondary N) is 2. The molecule has 0 atom stereocenters. The van der Waals surface area contributed by atoms with Crippen molar-refractivity contribution in [2.75, 3.05) is 51.8 Å². The predicted molar refractivity (Wildman–Crippen MR) is 114 cm³/mol. The number of morpholine rings is 1. The van der Waals surface area contributed by atoms with Gasteiger partial charge in [0.1, 0.15) is 24.7 Å². The molecule has 0 amide bonds. The highest BCUT2D eigenvalue weighted by Crippen LogP contribution is 2.35. The van der Waals surface area contributed by atoms with Crippen LogP contribution < -0.4 is 15.0 Å². The van der Waals surface area contributed by atoms with Gasteiger partial charge in [0.05, 0.1) is 38.1 Å². The number of aryl methyl sites for hydroxylation is 2. The van der Waals surface area contributed by atoms with E-state index in [9.17, 15) is 0 Å². The van der Waals surface area contributed by atoms with Crippen molar-refractivity contribution >= 4 is 11.5 Å². The Bertz CT molecular complexity index is 979. The van der Waals surface area contributed by atoms with Crippen LogP contribution in [0.15, 0.2) is 30.3 Å². The van der Waals surface area contributed by atoms with Gasteiger partial charge in [-0.25, -0.2) is 4.98 Å². The molecule has 0 spiro atoms. The third-order valence-corrected chi connectivity index (χ3v) is 5.48. The molecule has 1 saturated heterocycles. The van der Waals surface area contributed by atoms with Crippen LogP contribution in [0, 0.1) is 13.8 Å². The third-order valence-electron chi connectivity index (χ3n) is 5.48. The number of rotatable bonds is 7. The Morgan fingerprint density at radius 3 is 2.79 bits per heavy atom. The molecule has 1 fully saturated rings. The molecule has 0 radical (unpaired) electrons. The minimum atomic E-state index is 0.830. The van der Waals surface area contributed by atoms with Gasteiger partial charge < -0.3 is 19.7 Å². The highest BCUT2D eigenvalue weighted by Gasteiger charge is 2.19. The van der Waals surface area contributed by atoms with Gasteiger partial charge >= 0.3 is 0 Å². The summed E-state index contributed by atoms with van der Waals surface area (Å²) in [6.45, 7) is 10.1. The van der Waals surface area contributed by atoms with E-state index in [2.05, 4.69) is 17.4 Å². The molecule has 1 aliphatic rings. The molecule has 29 heavy (non-hydrogen) atoms. The molecule has 4 rings (SSSR count). The maximum Gasteiger partial charge on any atom is 0.165 e. The fourth-order valence-electron chi connectivity index (χ4n) is 4.00. The fourth-order valence-corrected chi connectivity index (χ4v) is 4.00. The first kappa shape index (κ1) is 19.7. The van der Waals surface area contributed by atoms with Crippen molar-refractivity contribution in [1.82, 2.24) is 14.6 Å². The topological polar surface area (TPSA) is 65.1 Å². The highest BCUT2D eigenvalue weighted by atomic mass is 16.5. The van der Waals surface area contributed by atoms with Gasteiger partial charge in [0.15, 0.2) is 5.65 Å². The second-order valence-corrected chi connectivity index (χ2v) is 7.57. The average Bonchev–Trinajstić information content (AvgIpc) is 3.07. The maximum atomic E-state index is 5.58. The molecule has 3 aromatic rings. The summed E-state index contributed by atoms with van der Waals surface area (Å²) < 4.78 is 12.9. The monoisotopic (exact) mass is 396 g/mol. The zero-order valence-corrected chi connectivity index (χ0v) is 17.5. The van der Waals surface area contributed by atoms with Crippen LogP contribution in [0.3, 0.4) is 0 Å². The van der Waals surface area contributed by atoms with Gasteiger partial charge in [0, 0.05) is 30.3 Å². The Morgan fingerprint density at radius 1 is 1.21 bits per heavy atom. The van der Waals surface area contributed by atoms with Crippen LogP contribution >= 0.6 is 0 Å². The lowest BCUT2D eigenvalue weighted by atomic mass is 10.1. The van der Waals surface area contributed by atoms with Gasteiger partial charge in [0.2, 0.25) is 0 Å². The number of methoxy groups -OCH3 is 1. The van der Waals surface area contributed by atoms with Crippen LogP contribution in [0.2, 0.25) is 0 Å². The third kappa shape index (κ3) is 4.21. The Labute approximate surface area is 171 Å². The molecule has 7 heteroatoms. The number of para-hydroxylation sites is 1. The summed E-state index contributed by atoms with van der Waals surface area (Å²) >= 11 is 0. The number of hydrogen-bond donors (Lipinski definition) is 2. The number of nitrogens with zero attached hydrogens (tertiary/aromatic N) is 3. The van der Waals surface area contributed by atoms with Crippen LogP contribution in [0.5, 0.6) is 5.75 Å². The van der Waals surface area contributed by atoms with Crippen LogP contribution in [0.4, 0.5) is 5.82 Å². The van der Waals surface area contributed by atoms with Crippen molar-refractivity contribution in [3.8, 4) is 16.9 Å². The van der Waals surface area contributed by atoms with Crippen molar-refractivity contribution in [3.63, 3.8) is 0 Å². The largest absolute Gasteiger partial charge is 0.496 e. The molecule has 0 unspecified atom stereocenters. The molecule has 154 valence electrons. The van der Waals surface area contributed by atoms with Crippen LogP contribution in [0.1, 0.15) is 17.8 Å². The summed E-state index contributed by atoms with van der Waals surface area (Å²) in [7, 11) is 1.70. The fraction of sp³-hybridized carbons (Fsp3) is 0.455. The van der Waals surface area contributed by atoms with Crippen LogP contribution in [0.25, 0.3) is 16.8 Å². The van der Waals surface area contributed by atoms with Gasteiger partial charge in [0.25, 0.3) is 0 Å². The number of anilines is 1. The van der Waals surface area contributed by atoms with Gasteiger partial charge in [-0.2, -0.15) is 9.61 Å². The van der Waals surface area contributed by atoms with E-state index in [0.717, 1.165) is 85.5 Å². The molecular weight excluding hydrogens is 366 g/mol. The van der Waals surface area contributed by atoms with Crippen molar-refractivity contribution < 1.29 is 14.4 Å². The normalized spacial score (nSPS) is 15.0. The second kappa shape index (κ2) is 8.80. The second-order valence-electron chi connectivity index (χ2n) is 7.57. The molecule has 1 aromatic carbocycles. The molecule has 2 aromatic heterocycles. The van der Waals surface area contributed by atoms with E-state index in [1.54, 1.807) is 12.0 Å². The molecule has 0 aliphatic carbocycles. The van der Waals surface area contributed by atoms with E-state index in [4.69, 9.17) is 19.6 Å². The van der Waals surface area contributed by atoms with E-state index in [1.807, 2.05) is 36.6 Å². The average molecular weight is 397 g/mol. The van der Waals surface area contributed by atoms with Crippen molar-refractivity contribution in [2.45, 2.75) is 20.3 Å². The first-order valence-electron chi connectivity index (χ1n) is 10.3. The molecule has 3 heterocycles. The summed E-state index contributed by atoms with van der Waals surface area (Å²) in [5, 5.41) is 8.36. The van der Waals surface area contributed by atoms with E-state index >= 15 is 0 Å². The van der Waals surface area contributed by atoms with E-state index < -0.39 is 0 Å². The summed E-state index contributed by atoms with van der Waals surface area (Å²) in [4.78, 5) is 6.42. The highest BCUT2D eigenvalue weighted by molar-refractivity contribution is 5.84. The zero-order valence-electron chi connectivity index (χ0n) is 17.5. The summed E-state index contributed by atoms with van der Waals surface area (Å²) in [6.07, 6.45) is 1.11. The lowest BCUT2D eigenvalue weighted by Gasteiger charge is -2.23. The standard InChI is InChI=1S/C22H29N5O2/c1-16-15-20(23-9-6-10-26-11-13-29-14-12-26)27-22(24-16)21(17(2)25-27)18-7-4-5-8-19(18)28-3/h4-5,7-8,15,23H,6,9-14H2,1-3H3/p+1. The lowest BCUT2D eigenvalue weighted by Crippen LogP contribution is -3.14. The molecule has 2 N–H and O–H groups in total. The predicted octanol–water partition coefficient (Wildman–Crippen LogP) is 1.74. The molecule has 0 bridgehead atoms. The Balaban J connectivity index is 1.57. The molecule has 7 nitrogen and oxygen atoms in total.